The summed E-state index contributed by atoms with van der Waals surface area (Å²) in [6, 6.07) is 6.04. The molecule has 1 aromatic carbocycles. The Bertz CT molecular complexity index is 580. The zero-order valence-corrected chi connectivity index (χ0v) is 11.8. The van der Waals surface area contributed by atoms with Gasteiger partial charge in [-0.3, -0.25) is 0 Å². The van der Waals surface area contributed by atoms with Crippen molar-refractivity contribution in [3.05, 3.63) is 45.4 Å². The quantitative estimate of drug-likeness (QED) is 0.801. The summed E-state index contributed by atoms with van der Waals surface area (Å²) in [5, 5.41) is 0.274. The minimum atomic E-state index is -0.344. The third kappa shape index (κ3) is 2.85. The highest BCUT2D eigenvalue weighted by atomic mass is 79.9. The van der Waals surface area contributed by atoms with Crippen LogP contribution in [0.2, 0.25) is 5.15 Å². The van der Waals surface area contributed by atoms with Gasteiger partial charge in [0.1, 0.15) is 11.0 Å². The van der Waals surface area contributed by atoms with Crippen molar-refractivity contribution in [2.24, 2.45) is 0 Å². The molecule has 0 saturated carbocycles. The molecule has 6 heteroatoms. The smallest absolute Gasteiger partial charge is 0.161 e. The monoisotopic (exact) mass is 330 g/mol. The summed E-state index contributed by atoms with van der Waals surface area (Å²) in [5.74, 6) is 0.0261. The zero-order chi connectivity index (χ0) is 13.1. The van der Waals surface area contributed by atoms with Gasteiger partial charge in [-0.25, -0.2) is 14.4 Å². The van der Waals surface area contributed by atoms with E-state index in [0.29, 0.717) is 28.2 Å². The molecule has 0 N–H and O–H groups in total. The Morgan fingerprint density at radius 2 is 2.17 bits per heavy atom. The van der Waals surface area contributed by atoms with Gasteiger partial charge in [0, 0.05) is 12.7 Å². The molecule has 1 heterocycles. The molecule has 3 nitrogen and oxygen atoms in total. The number of aromatic nitrogens is 2. The number of benzene rings is 1. The van der Waals surface area contributed by atoms with Crippen molar-refractivity contribution in [1.82, 2.24) is 9.97 Å². The summed E-state index contributed by atoms with van der Waals surface area (Å²) in [5.41, 5.74) is 1.19. The van der Waals surface area contributed by atoms with Crippen LogP contribution in [0, 0.1) is 5.82 Å². The molecule has 0 bridgehead atoms. The highest BCUT2D eigenvalue weighted by Crippen LogP contribution is 2.27. The average Bonchev–Trinajstić information content (AvgIpc) is 2.35. The van der Waals surface area contributed by atoms with E-state index < -0.39 is 0 Å². The maximum absolute atomic E-state index is 13.2. The number of halogens is 3. The maximum Gasteiger partial charge on any atom is 0.161 e. The first-order valence-electron chi connectivity index (χ1n) is 5.08. The van der Waals surface area contributed by atoms with Crippen molar-refractivity contribution in [1.29, 1.82) is 0 Å². The van der Waals surface area contributed by atoms with Gasteiger partial charge >= 0.3 is 0 Å². The van der Waals surface area contributed by atoms with Gasteiger partial charge in [0.05, 0.1) is 16.8 Å². The second kappa shape index (κ2) is 5.73. The van der Waals surface area contributed by atoms with Gasteiger partial charge in [-0.1, -0.05) is 23.7 Å². The summed E-state index contributed by atoms with van der Waals surface area (Å²) in [6.45, 7) is 0.297. The van der Waals surface area contributed by atoms with Crippen LogP contribution in [0.25, 0.3) is 11.4 Å². The van der Waals surface area contributed by atoms with Crippen molar-refractivity contribution in [3.8, 4) is 11.4 Å². The Kier molecular flexibility index (Phi) is 4.27. The van der Waals surface area contributed by atoms with Gasteiger partial charge in [0.25, 0.3) is 0 Å². The van der Waals surface area contributed by atoms with E-state index in [0.717, 1.165) is 0 Å². The van der Waals surface area contributed by atoms with Crippen molar-refractivity contribution >= 4 is 27.5 Å². The van der Waals surface area contributed by atoms with E-state index in [2.05, 4.69) is 25.9 Å². The SMILES string of the molecule is COCc1nc(-c2cccc(F)c2)nc(Cl)c1Br. The molecular formula is C12H9BrClFN2O. The first-order valence-corrected chi connectivity index (χ1v) is 6.25. The van der Waals surface area contributed by atoms with Gasteiger partial charge in [-0.2, -0.15) is 0 Å². The molecule has 94 valence electrons. The van der Waals surface area contributed by atoms with Crippen LogP contribution in [0.3, 0.4) is 0 Å². The predicted molar refractivity (Wildman–Crippen MR) is 70.8 cm³/mol. The van der Waals surface area contributed by atoms with Gasteiger partial charge in [-0.15, -0.1) is 0 Å². The van der Waals surface area contributed by atoms with E-state index in [-0.39, 0.29) is 11.0 Å². The lowest BCUT2D eigenvalue weighted by Gasteiger charge is -2.07. The van der Waals surface area contributed by atoms with Crippen molar-refractivity contribution in [2.75, 3.05) is 7.11 Å². The molecule has 18 heavy (non-hydrogen) atoms. The van der Waals surface area contributed by atoms with Gasteiger partial charge in [0.2, 0.25) is 0 Å². The number of hydrogen-bond donors (Lipinski definition) is 0. The first-order chi connectivity index (χ1) is 8.61. The van der Waals surface area contributed by atoms with E-state index in [1.807, 2.05) is 0 Å². The Morgan fingerprint density at radius 1 is 1.39 bits per heavy atom. The molecule has 0 fully saturated rings. The molecule has 0 unspecified atom stereocenters. The number of ether oxygens (including phenoxy) is 1. The molecule has 2 rings (SSSR count). The molecular weight excluding hydrogens is 322 g/mol. The molecule has 0 aliphatic rings. The Labute approximate surface area is 117 Å². The number of methoxy groups -OCH3 is 1. The minimum absolute atomic E-state index is 0.274. The lowest BCUT2D eigenvalue weighted by molar-refractivity contribution is 0.181. The predicted octanol–water partition coefficient (Wildman–Crippen LogP) is 3.85. The molecule has 2 aromatic rings. The average molecular weight is 332 g/mol. The van der Waals surface area contributed by atoms with Crippen LogP contribution in [0.1, 0.15) is 5.69 Å². The summed E-state index contributed by atoms with van der Waals surface area (Å²) >= 11 is 9.29. The summed E-state index contributed by atoms with van der Waals surface area (Å²) in [6.07, 6.45) is 0. The Hall–Kier alpha value is -1.04. The van der Waals surface area contributed by atoms with Crippen LogP contribution in [-0.2, 0) is 11.3 Å². The molecule has 0 saturated heterocycles. The third-order valence-corrected chi connectivity index (χ3v) is 3.58. The van der Waals surface area contributed by atoms with Crippen LogP contribution < -0.4 is 0 Å². The maximum atomic E-state index is 13.2. The highest BCUT2D eigenvalue weighted by Gasteiger charge is 2.12. The summed E-state index contributed by atoms with van der Waals surface area (Å²) in [4.78, 5) is 8.41. The van der Waals surface area contributed by atoms with Crippen LogP contribution >= 0.6 is 27.5 Å². The lowest BCUT2D eigenvalue weighted by atomic mass is 10.2. The largest absolute Gasteiger partial charge is 0.378 e. The zero-order valence-electron chi connectivity index (χ0n) is 9.45. The van der Waals surface area contributed by atoms with E-state index in [1.54, 1.807) is 19.2 Å². The van der Waals surface area contributed by atoms with Crippen LogP contribution in [0.5, 0.6) is 0 Å². The minimum Gasteiger partial charge on any atom is -0.378 e. The second-order valence-electron chi connectivity index (χ2n) is 3.54. The second-order valence-corrected chi connectivity index (χ2v) is 4.69. The topological polar surface area (TPSA) is 35.0 Å². The molecule has 0 aliphatic carbocycles. The fraction of sp³-hybridized carbons (Fsp3) is 0.167. The lowest BCUT2D eigenvalue weighted by Crippen LogP contribution is -2.00. The van der Waals surface area contributed by atoms with Crippen LogP contribution in [0.15, 0.2) is 28.7 Å². The number of nitrogens with zero attached hydrogens (tertiary/aromatic N) is 2. The first kappa shape index (κ1) is 13.4. The van der Waals surface area contributed by atoms with Gasteiger partial charge in [-0.05, 0) is 28.1 Å². The number of rotatable bonds is 3. The van der Waals surface area contributed by atoms with Crippen LogP contribution in [-0.4, -0.2) is 17.1 Å². The normalized spacial score (nSPS) is 10.7. The van der Waals surface area contributed by atoms with E-state index in [9.17, 15) is 4.39 Å². The van der Waals surface area contributed by atoms with E-state index >= 15 is 0 Å². The molecule has 0 spiro atoms. The fourth-order valence-corrected chi connectivity index (χ4v) is 1.93. The van der Waals surface area contributed by atoms with Crippen molar-refractivity contribution in [3.63, 3.8) is 0 Å². The number of hydrogen-bond acceptors (Lipinski definition) is 3. The summed E-state index contributed by atoms with van der Waals surface area (Å²) in [7, 11) is 1.56. The Morgan fingerprint density at radius 3 is 2.83 bits per heavy atom. The third-order valence-electron chi connectivity index (χ3n) is 2.24. The molecule has 0 amide bonds. The van der Waals surface area contributed by atoms with Gasteiger partial charge in [0.15, 0.2) is 5.82 Å². The molecule has 0 atom stereocenters. The highest BCUT2D eigenvalue weighted by molar-refractivity contribution is 9.10. The fourth-order valence-electron chi connectivity index (χ4n) is 1.45. The van der Waals surface area contributed by atoms with Crippen molar-refractivity contribution < 1.29 is 9.13 Å². The molecule has 1 aromatic heterocycles. The molecule has 0 aliphatic heterocycles. The summed E-state index contributed by atoms with van der Waals surface area (Å²) < 4.78 is 18.8. The Balaban J connectivity index is 2.51. The van der Waals surface area contributed by atoms with E-state index in [1.165, 1.54) is 12.1 Å². The van der Waals surface area contributed by atoms with E-state index in [4.69, 9.17) is 16.3 Å². The van der Waals surface area contributed by atoms with Gasteiger partial charge < -0.3 is 4.74 Å². The van der Waals surface area contributed by atoms with Crippen LogP contribution in [0.4, 0.5) is 4.39 Å². The van der Waals surface area contributed by atoms with Crippen molar-refractivity contribution in [2.45, 2.75) is 6.61 Å². The standard InChI is InChI=1S/C12H9BrClFN2O/c1-18-6-9-10(13)11(14)17-12(16-9)7-3-2-4-8(15)5-7/h2-5H,6H2,1H3. The molecule has 0 radical (unpaired) electrons.